The molecule has 0 radical (unpaired) electrons. The first-order valence-corrected chi connectivity index (χ1v) is 9.12. The monoisotopic (exact) mass is 392 g/mol. The van der Waals surface area contributed by atoms with E-state index < -0.39 is 0 Å². The Morgan fingerprint density at radius 1 is 1.53 bits per heavy atom. The summed E-state index contributed by atoms with van der Waals surface area (Å²) in [6.45, 7) is 2.20. The van der Waals surface area contributed by atoms with Crippen LogP contribution in [0.3, 0.4) is 0 Å². The fourth-order valence-corrected chi connectivity index (χ4v) is 5.79. The number of nitrogens with one attached hydrogen (secondary N) is 1. The quantitative estimate of drug-likeness (QED) is 0.448. The Hall–Kier alpha value is 0.837. The number of alkyl halides is 2. The number of nitrogens with zero attached hydrogens (tertiary/aromatic N) is 1. The molecule has 0 spiro atoms. The van der Waals surface area contributed by atoms with E-state index in [1.807, 2.05) is 5.01 Å². The molecule has 0 fully saturated rings. The van der Waals surface area contributed by atoms with Crippen molar-refractivity contribution >= 4 is 64.6 Å². The molecular formula is C8H12Br2Cl2N2Si. The second kappa shape index (κ2) is 6.54. The minimum absolute atomic E-state index is 0.283. The van der Waals surface area contributed by atoms with Gasteiger partial charge in [0.2, 0.25) is 0 Å². The van der Waals surface area contributed by atoms with Crippen molar-refractivity contribution in [1.82, 2.24) is 10.4 Å². The standard InChI is InChI=1S/C8H12Br2Cl2N2Si/c1-2-15-6-5(3-9)8(12)13-14(4-11)7(6)10/h13H,2-4,15H2,1H3. The van der Waals surface area contributed by atoms with Crippen molar-refractivity contribution in [3.63, 3.8) is 0 Å². The summed E-state index contributed by atoms with van der Waals surface area (Å²) in [7, 11) is -0.283. The van der Waals surface area contributed by atoms with Crippen molar-refractivity contribution in [3.05, 3.63) is 20.5 Å². The Morgan fingerprint density at radius 3 is 2.67 bits per heavy atom. The molecule has 1 heterocycles. The predicted molar refractivity (Wildman–Crippen MR) is 77.3 cm³/mol. The molecule has 0 saturated carbocycles. The number of hydrogen-bond acceptors (Lipinski definition) is 2. The highest BCUT2D eigenvalue weighted by molar-refractivity contribution is 9.11. The molecule has 1 aliphatic rings. The van der Waals surface area contributed by atoms with Crippen molar-refractivity contribution in [3.8, 4) is 0 Å². The lowest BCUT2D eigenvalue weighted by atomic mass is 10.3. The summed E-state index contributed by atoms with van der Waals surface area (Å²) in [5, 5.41) is 4.60. The molecule has 7 heteroatoms. The van der Waals surface area contributed by atoms with Crippen LogP contribution >= 0.6 is 55.1 Å². The smallest absolute Gasteiger partial charge is 0.125 e. The topological polar surface area (TPSA) is 15.3 Å². The molecule has 86 valence electrons. The van der Waals surface area contributed by atoms with E-state index in [2.05, 4.69) is 44.2 Å². The van der Waals surface area contributed by atoms with Gasteiger partial charge in [0.25, 0.3) is 0 Å². The van der Waals surface area contributed by atoms with Gasteiger partial charge in [0.05, 0.1) is 9.52 Å². The van der Waals surface area contributed by atoms with Crippen LogP contribution in [0.5, 0.6) is 0 Å². The Kier molecular flexibility index (Phi) is 6.06. The van der Waals surface area contributed by atoms with E-state index in [4.69, 9.17) is 23.2 Å². The van der Waals surface area contributed by atoms with Crippen LogP contribution in [0, 0.1) is 0 Å². The van der Waals surface area contributed by atoms with Gasteiger partial charge in [0, 0.05) is 10.9 Å². The van der Waals surface area contributed by atoms with Crippen molar-refractivity contribution in [1.29, 1.82) is 0 Å². The number of halogens is 4. The fourth-order valence-electron chi connectivity index (χ4n) is 1.38. The third-order valence-corrected chi connectivity index (χ3v) is 6.40. The average Bonchev–Trinajstić information content (AvgIpc) is 2.23. The molecule has 1 rings (SSSR count). The Bertz CT molecular complexity index is 307. The molecule has 2 nitrogen and oxygen atoms in total. The van der Waals surface area contributed by atoms with Crippen molar-refractivity contribution < 1.29 is 0 Å². The van der Waals surface area contributed by atoms with Crippen LogP contribution in [-0.2, 0) is 0 Å². The predicted octanol–water partition coefficient (Wildman–Crippen LogP) is 3.02. The van der Waals surface area contributed by atoms with Crippen LogP contribution in [-0.4, -0.2) is 25.9 Å². The summed E-state index contributed by atoms with van der Waals surface area (Å²) < 4.78 is 1.03. The highest BCUT2D eigenvalue weighted by atomic mass is 79.9. The third kappa shape index (κ3) is 3.16. The van der Waals surface area contributed by atoms with E-state index in [9.17, 15) is 0 Å². The molecule has 0 aromatic carbocycles. The highest BCUT2D eigenvalue weighted by Crippen LogP contribution is 2.31. The molecule has 0 unspecified atom stereocenters. The van der Waals surface area contributed by atoms with Crippen LogP contribution in [0.4, 0.5) is 0 Å². The van der Waals surface area contributed by atoms with Gasteiger partial charge in [-0.1, -0.05) is 40.5 Å². The van der Waals surface area contributed by atoms with Crippen LogP contribution in [0.25, 0.3) is 0 Å². The van der Waals surface area contributed by atoms with E-state index in [-0.39, 0.29) is 9.52 Å². The van der Waals surface area contributed by atoms with E-state index in [1.165, 1.54) is 11.2 Å². The largest absolute Gasteiger partial charge is 0.286 e. The molecule has 1 aliphatic heterocycles. The lowest BCUT2D eigenvalue weighted by Crippen LogP contribution is -2.38. The van der Waals surface area contributed by atoms with Gasteiger partial charge in [-0.3, -0.25) is 10.4 Å². The Labute approximate surface area is 119 Å². The SMILES string of the molecule is CC[SiH2]C1=C(Br)N(CCl)NC(Cl)=C1CBr. The minimum Gasteiger partial charge on any atom is -0.286 e. The average molecular weight is 395 g/mol. The third-order valence-electron chi connectivity index (χ3n) is 2.10. The lowest BCUT2D eigenvalue weighted by molar-refractivity contribution is 0.347. The molecule has 0 aliphatic carbocycles. The first kappa shape index (κ1) is 13.9. The molecule has 0 amide bonds. The van der Waals surface area contributed by atoms with Gasteiger partial charge in [-0.15, -0.1) is 11.6 Å². The summed E-state index contributed by atoms with van der Waals surface area (Å²) >= 11 is 19.0. The Balaban J connectivity index is 3.07. The van der Waals surface area contributed by atoms with E-state index in [1.54, 1.807) is 0 Å². The first-order valence-electron chi connectivity index (χ1n) is 4.59. The van der Waals surface area contributed by atoms with Gasteiger partial charge >= 0.3 is 0 Å². The number of hydrazine groups is 1. The van der Waals surface area contributed by atoms with Gasteiger partial charge in [-0.25, -0.2) is 0 Å². The van der Waals surface area contributed by atoms with Crippen LogP contribution < -0.4 is 5.43 Å². The van der Waals surface area contributed by atoms with Crippen LogP contribution in [0.2, 0.25) is 6.04 Å². The summed E-state index contributed by atoms with van der Waals surface area (Å²) in [6.07, 6.45) is 0. The van der Waals surface area contributed by atoms with Gasteiger partial charge in [0.1, 0.15) is 15.8 Å². The molecule has 15 heavy (non-hydrogen) atoms. The van der Waals surface area contributed by atoms with Gasteiger partial charge < -0.3 is 0 Å². The molecule has 0 atom stereocenters. The maximum absolute atomic E-state index is 6.16. The number of hydrogen-bond donors (Lipinski definition) is 1. The zero-order valence-electron chi connectivity index (χ0n) is 8.29. The summed E-state index contributed by atoms with van der Waals surface area (Å²) in [5.41, 5.74) is 4.19. The number of allylic oxidation sites excluding steroid dienone is 2. The molecular weight excluding hydrogens is 383 g/mol. The first-order chi connectivity index (χ1) is 7.15. The molecule has 1 N–H and O–H groups in total. The summed E-state index contributed by atoms with van der Waals surface area (Å²) in [6, 6.07) is 1.58. The Morgan fingerprint density at radius 2 is 2.20 bits per heavy atom. The normalized spacial score (nSPS) is 18.1. The summed E-state index contributed by atoms with van der Waals surface area (Å²) in [5.74, 6) is 0. The summed E-state index contributed by atoms with van der Waals surface area (Å²) in [4.78, 5) is 0. The zero-order chi connectivity index (χ0) is 11.4. The van der Waals surface area contributed by atoms with E-state index >= 15 is 0 Å². The second-order valence-electron chi connectivity index (χ2n) is 3.10. The van der Waals surface area contributed by atoms with Crippen molar-refractivity contribution in [2.75, 3.05) is 11.3 Å². The van der Waals surface area contributed by atoms with Crippen molar-refractivity contribution in [2.24, 2.45) is 0 Å². The van der Waals surface area contributed by atoms with E-state index in [0.717, 1.165) is 15.5 Å². The van der Waals surface area contributed by atoms with E-state index in [0.29, 0.717) is 11.2 Å². The molecule has 0 aromatic rings. The lowest BCUT2D eigenvalue weighted by Gasteiger charge is -2.31. The highest BCUT2D eigenvalue weighted by Gasteiger charge is 2.22. The van der Waals surface area contributed by atoms with Crippen molar-refractivity contribution in [2.45, 2.75) is 13.0 Å². The minimum atomic E-state index is -0.283. The maximum atomic E-state index is 6.16. The molecule has 0 bridgehead atoms. The molecule has 0 saturated heterocycles. The van der Waals surface area contributed by atoms with Gasteiger partial charge in [-0.2, -0.15) is 0 Å². The second-order valence-corrected chi connectivity index (χ2v) is 7.24. The maximum Gasteiger partial charge on any atom is 0.125 e. The van der Waals surface area contributed by atoms with Gasteiger partial charge in [-0.05, 0) is 21.1 Å². The van der Waals surface area contributed by atoms with Crippen LogP contribution in [0.1, 0.15) is 6.92 Å². The zero-order valence-corrected chi connectivity index (χ0v) is 14.4. The molecule has 0 aromatic heterocycles. The van der Waals surface area contributed by atoms with Gasteiger partial charge in [0.15, 0.2) is 0 Å². The number of rotatable bonds is 4. The fraction of sp³-hybridized carbons (Fsp3) is 0.500. The van der Waals surface area contributed by atoms with Crippen LogP contribution in [0.15, 0.2) is 20.5 Å².